The van der Waals surface area contributed by atoms with Crippen LogP contribution in [0.25, 0.3) is 0 Å². The SMILES string of the molecule is CC1CCC(Cc2ccc(C(F)(F)C(F)(F)F)cc2)(NCC(O)C(F)(F)F)CC1. The fraction of sp³-hybridized carbons (Fsp3) is 0.684. The van der Waals surface area contributed by atoms with E-state index in [0.29, 0.717) is 36.5 Å². The predicted molar refractivity (Wildman–Crippen MR) is 90.5 cm³/mol. The van der Waals surface area contributed by atoms with E-state index in [1.54, 1.807) is 0 Å². The van der Waals surface area contributed by atoms with Crippen molar-refractivity contribution >= 4 is 0 Å². The minimum Gasteiger partial charge on any atom is -0.382 e. The molecule has 0 amide bonds. The number of alkyl halides is 8. The summed E-state index contributed by atoms with van der Waals surface area (Å²) in [6, 6.07) is 3.65. The molecule has 1 saturated carbocycles. The number of β-amino-alcohol motifs (C(OH)–C–C–N with tert-alkyl or cyclic N) is 1. The minimum atomic E-state index is -5.72. The van der Waals surface area contributed by atoms with Crippen molar-refractivity contribution < 1.29 is 40.2 Å². The Morgan fingerprint density at radius 3 is 1.97 bits per heavy atom. The Morgan fingerprint density at radius 2 is 1.52 bits per heavy atom. The summed E-state index contributed by atoms with van der Waals surface area (Å²) in [6.07, 6.45) is -10.4. The first kappa shape index (κ1) is 23.9. The van der Waals surface area contributed by atoms with Crippen molar-refractivity contribution in [3.8, 4) is 0 Å². The third kappa shape index (κ3) is 5.81. The lowest BCUT2D eigenvalue weighted by Crippen LogP contribution is -2.53. The Bertz CT molecular complexity index is 660. The average molecular weight is 433 g/mol. The highest BCUT2D eigenvalue weighted by Gasteiger charge is 2.58. The molecule has 0 bridgehead atoms. The van der Waals surface area contributed by atoms with Crippen molar-refractivity contribution in [2.45, 2.75) is 68.9 Å². The summed E-state index contributed by atoms with van der Waals surface area (Å²) in [5.74, 6) is -4.62. The highest BCUT2D eigenvalue weighted by atomic mass is 19.4. The summed E-state index contributed by atoms with van der Waals surface area (Å²) in [6.45, 7) is 1.28. The minimum absolute atomic E-state index is 0.155. The van der Waals surface area contributed by atoms with Gasteiger partial charge in [0.2, 0.25) is 0 Å². The van der Waals surface area contributed by atoms with E-state index >= 15 is 0 Å². The Balaban J connectivity index is 2.17. The van der Waals surface area contributed by atoms with Crippen LogP contribution in [-0.2, 0) is 12.3 Å². The van der Waals surface area contributed by atoms with Crippen molar-refractivity contribution in [2.75, 3.05) is 6.54 Å². The number of aliphatic hydroxyl groups is 1. The molecule has 1 aromatic rings. The van der Waals surface area contributed by atoms with Crippen LogP contribution in [0.3, 0.4) is 0 Å². The van der Waals surface area contributed by atoms with E-state index in [9.17, 15) is 40.2 Å². The van der Waals surface area contributed by atoms with E-state index in [1.807, 2.05) is 6.92 Å². The van der Waals surface area contributed by atoms with Crippen LogP contribution in [-0.4, -0.2) is 35.6 Å². The first-order valence-corrected chi connectivity index (χ1v) is 9.20. The molecule has 0 aliphatic heterocycles. The summed E-state index contributed by atoms with van der Waals surface area (Å²) in [5, 5.41) is 12.1. The zero-order chi connectivity index (χ0) is 22.1. The zero-order valence-electron chi connectivity index (χ0n) is 15.7. The Labute approximate surface area is 163 Å². The topological polar surface area (TPSA) is 32.3 Å². The number of rotatable bonds is 6. The van der Waals surface area contributed by atoms with Gasteiger partial charge in [-0.15, -0.1) is 0 Å². The Hall–Kier alpha value is -1.42. The van der Waals surface area contributed by atoms with Crippen LogP contribution in [0.5, 0.6) is 0 Å². The molecule has 1 aliphatic carbocycles. The number of hydrogen-bond acceptors (Lipinski definition) is 2. The van der Waals surface area contributed by atoms with E-state index in [0.717, 1.165) is 25.0 Å². The van der Waals surface area contributed by atoms with Crippen molar-refractivity contribution in [1.29, 1.82) is 0 Å². The van der Waals surface area contributed by atoms with Gasteiger partial charge in [0.25, 0.3) is 0 Å². The number of aliphatic hydroxyl groups excluding tert-OH is 1. The fourth-order valence-corrected chi connectivity index (χ4v) is 3.55. The normalized spacial score (nSPS) is 25.1. The second-order valence-electron chi connectivity index (χ2n) is 7.85. The average Bonchev–Trinajstić information content (AvgIpc) is 2.61. The second-order valence-corrected chi connectivity index (χ2v) is 7.85. The van der Waals surface area contributed by atoms with Gasteiger partial charge in [0, 0.05) is 17.6 Å². The van der Waals surface area contributed by atoms with Crippen LogP contribution in [0.2, 0.25) is 0 Å². The van der Waals surface area contributed by atoms with Gasteiger partial charge < -0.3 is 10.4 Å². The van der Waals surface area contributed by atoms with Gasteiger partial charge in [-0.05, 0) is 43.6 Å². The van der Waals surface area contributed by atoms with Crippen LogP contribution in [0.15, 0.2) is 24.3 Å². The van der Waals surface area contributed by atoms with Gasteiger partial charge in [0.15, 0.2) is 6.10 Å². The fourth-order valence-electron chi connectivity index (χ4n) is 3.55. The molecule has 0 heterocycles. The van der Waals surface area contributed by atoms with Crippen LogP contribution in [0, 0.1) is 5.92 Å². The predicted octanol–water partition coefficient (Wildman–Crippen LogP) is 5.34. The molecule has 2 nitrogen and oxygen atoms in total. The monoisotopic (exact) mass is 433 g/mol. The van der Waals surface area contributed by atoms with Gasteiger partial charge in [0.05, 0.1) is 0 Å². The zero-order valence-corrected chi connectivity index (χ0v) is 15.7. The largest absolute Gasteiger partial charge is 0.458 e. The summed E-state index contributed by atoms with van der Waals surface area (Å²) in [4.78, 5) is 0. The van der Waals surface area contributed by atoms with Gasteiger partial charge in [0.1, 0.15) is 0 Å². The molecular formula is C19H23F8NO. The molecule has 0 aromatic heterocycles. The molecule has 1 aromatic carbocycles. The van der Waals surface area contributed by atoms with Crippen LogP contribution >= 0.6 is 0 Å². The van der Waals surface area contributed by atoms with Gasteiger partial charge in [-0.3, -0.25) is 0 Å². The molecule has 10 heteroatoms. The van der Waals surface area contributed by atoms with Gasteiger partial charge in [-0.2, -0.15) is 35.1 Å². The molecule has 29 heavy (non-hydrogen) atoms. The lowest BCUT2D eigenvalue weighted by molar-refractivity contribution is -0.289. The Kier molecular flexibility index (Phi) is 6.89. The second kappa shape index (κ2) is 8.37. The highest BCUT2D eigenvalue weighted by molar-refractivity contribution is 5.28. The van der Waals surface area contributed by atoms with Crippen molar-refractivity contribution in [1.82, 2.24) is 5.32 Å². The van der Waals surface area contributed by atoms with Crippen LogP contribution in [0.1, 0.15) is 43.7 Å². The molecule has 1 fully saturated rings. The highest BCUT2D eigenvalue weighted by Crippen LogP contribution is 2.44. The summed E-state index contributed by atoms with van der Waals surface area (Å²) in [5.41, 5.74) is -1.57. The molecule has 0 spiro atoms. The van der Waals surface area contributed by atoms with Crippen LogP contribution in [0.4, 0.5) is 35.1 Å². The van der Waals surface area contributed by atoms with Gasteiger partial charge >= 0.3 is 18.3 Å². The summed E-state index contributed by atoms with van der Waals surface area (Å²) < 4.78 is 102. The van der Waals surface area contributed by atoms with E-state index in [-0.39, 0.29) is 6.42 Å². The molecule has 2 N–H and O–H groups in total. The molecule has 0 radical (unpaired) electrons. The maximum atomic E-state index is 13.4. The van der Waals surface area contributed by atoms with E-state index in [2.05, 4.69) is 5.32 Å². The Morgan fingerprint density at radius 1 is 1.00 bits per heavy atom. The molecule has 166 valence electrons. The standard InChI is InChI=1S/C19H23F8NO/c1-12-6-8-16(9-7-12,28-11-15(29)18(22,23)24)10-13-2-4-14(5-3-13)17(20,21)19(25,26)27/h2-5,12,15,28-29H,6-11H2,1H3. The van der Waals surface area contributed by atoms with Gasteiger partial charge in [-0.1, -0.05) is 31.2 Å². The molecular weight excluding hydrogens is 410 g/mol. The number of halogens is 8. The molecule has 1 unspecified atom stereocenters. The smallest absolute Gasteiger partial charge is 0.382 e. The molecule has 0 saturated heterocycles. The lowest BCUT2D eigenvalue weighted by atomic mass is 9.73. The molecule has 1 atom stereocenters. The number of nitrogens with one attached hydrogen (secondary N) is 1. The number of benzene rings is 1. The molecule has 2 rings (SSSR count). The van der Waals surface area contributed by atoms with Crippen molar-refractivity contribution in [3.63, 3.8) is 0 Å². The maximum absolute atomic E-state index is 13.4. The molecule has 1 aliphatic rings. The van der Waals surface area contributed by atoms with Crippen LogP contribution < -0.4 is 5.32 Å². The van der Waals surface area contributed by atoms with Crippen molar-refractivity contribution in [2.24, 2.45) is 5.92 Å². The third-order valence-corrected chi connectivity index (χ3v) is 5.49. The maximum Gasteiger partial charge on any atom is 0.458 e. The third-order valence-electron chi connectivity index (χ3n) is 5.49. The van der Waals surface area contributed by atoms with E-state index in [1.165, 1.54) is 0 Å². The summed E-state index contributed by atoms with van der Waals surface area (Å²) >= 11 is 0. The van der Waals surface area contributed by atoms with E-state index < -0.39 is 42.0 Å². The van der Waals surface area contributed by atoms with Crippen molar-refractivity contribution in [3.05, 3.63) is 35.4 Å². The van der Waals surface area contributed by atoms with Gasteiger partial charge in [-0.25, -0.2) is 0 Å². The lowest BCUT2D eigenvalue weighted by Gasteiger charge is -2.41. The number of hydrogen-bond donors (Lipinski definition) is 2. The quantitative estimate of drug-likeness (QED) is 0.594. The first-order chi connectivity index (χ1) is 13.2. The first-order valence-electron chi connectivity index (χ1n) is 9.20. The summed E-state index contributed by atoms with van der Waals surface area (Å²) in [7, 11) is 0. The van der Waals surface area contributed by atoms with E-state index in [4.69, 9.17) is 0 Å².